The highest BCUT2D eigenvalue weighted by Gasteiger charge is 2.30. The number of nitrogens with one attached hydrogen (secondary N) is 1. The van der Waals surface area contributed by atoms with Crippen LogP contribution in [0.15, 0.2) is 0 Å². The number of carbonyl (C=O) groups is 1. The van der Waals surface area contributed by atoms with Crippen molar-refractivity contribution < 1.29 is 9.53 Å². The highest BCUT2D eigenvalue weighted by Crippen LogP contribution is 2.30. The molecule has 0 aromatic rings. The van der Waals surface area contributed by atoms with Crippen LogP contribution in [0.1, 0.15) is 47.0 Å². The van der Waals surface area contributed by atoms with Crippen LogP contribution in [0.4, 0.5) is 4.79 Å². The number of hydrogen-bond acceptors (Lipinski definition) is 2. The van der Waals surface area contributed by atoms with E-state index in [4.69, 9.17) is 4.74 Å². The van der Waals surface area contributed by atoms with Gasteiger partial charge in [0.25, 0.3) is 0 Å². The molecule has 1 radical (unpaired) electrons. The zero-order chi connectivity index (χ0) is 13.1. The van der Waals surface area contributed by atoms with Crippen LogP contribution < -0.4 is 5.32 Å². The van der Waals surface area contributed by atoms with E-state index in [0.717, 1.165) is 18.8 Å². The van der Waals surface area contributed by atoms with Crippen molar-refractivity contribution in [3.8, 4) is 0 Å². The summed E-state index contributed by atoms with van der Waals surface area (Å²) in [4.78, 5) is 12.0. The first-order chi connectivity index (χ1) is 7.81. The molecule has 3 atom stereocenters. The van der Waals surface area contributed by atoms with Gasteiger partial charge in [-0.2, -0.15) is 0 Å². The smallest absolute Gasteiger partial charge is 0.407 e. The Labute approximate surface area is 113 Å². The lowest BCUT2D eigenvalue weighted by Crippen LogP contribution is -2.46. The Morgan fingerprint density at radius 1 is 1.53 bits per heavy atom. The lowest BCUT2D eigenvalue weighted by atomic mass is 9.84. The monoisotopic (exact) mass is 304 g/mol. The molecule has 1 fully saturated rings. The van der Waals surface area contributed by atoms with Crippen LogP contribution in [0, 0.1) is 12.3 Å². The van der Waals surface area contributed by atoms with Gasteiger partial charge in [0.15, 0.2) is 0 Å². The molecule has 0 saturated heterocycles. The van der Waals surface area contributed by atoms with Gasteiger partial charge in [-0.3, -0.25) is 0 Å². The van der Waals surface area contributed by atoms with Gasteiger partial charge in [-0.15, -0.1) is 0 Å². The third-order valence-electron chi connectivity index (χ3n) is 2.93. The molecule has 3 nitrogen and oxygen atoms in total. The van der Waals surface area contributed by atoms with Crippen molar-refractivity contribution in [2.75, 3.05) is 0 Å². The molecule has 3 unspecified atom stereocenters. The van der Waals surface area contributed by atoms with Gasteiger partial charge in [0, 0.05) is 10.9 Å². The molecule has 0 aliphatic heterocycles. The minimum absolute atomic E-state index is 0.0765. The first-order valence-corrected chi connectivity index (χ1v) is 7.20. The van der Waals surface area contributed by atoms with E-state index in [-0.39, 0.29) is 12.1 Å². The van der Waals surface area contributed by atoms with Gasteiger partial charge in [0.1, 0.15) is 5.60 Å². The summed E-state index contributed by atoms with van der Waals surface area (Å²) in [7, 11) is 0. The molecule has 0 aromatic carbocycles. The molecule has 0 spiro atoms. The Kier molecular flexibility index (Phi) is 5.29. The van der Waals surface area contributed by atoms with Crippen molar-refractivity contribution in [3.63, 3.8) is 0 Å². The van der Waals surface area contributed by atoms with Gasteiger partial charge in [0.05, 0.1) is 0 Å². The largest absolute Gasteiger partial charge is 0.444 e. The van der Waals surface area contributed by atoms with Gasteiger partial charge in [0.2, 0.25) is 0 Å². The summed E-state index contributed by atoms with van der Waals surface area (Å²) in [6.07, 6.45) is 5.21. The van der Waals surface area contributed by atoms with Crippen molar-refractivity contribution in [2.45, 2.75) is 63.4 Å². The summed E-state index contributed by atoms with van der Waals surface area (Å²) in [6.45, 7) is 7.82. The molecule has 1 saturated carbocycles. The van der Waals surface area contributed by atoms with Crippen molar-refractivity contribution in [3.05, 3.63) is 6.42 Å². The lowest BCUT2D eigenvalue weighted by Gasteiger charge is -2.33. The molecule has 1 aliphatic rings. The first-order valence-electron chi connectivity index (χ1n) is 6.28. The maximum absolute atomic E-state index is 11.6. The molecule has 0 heterocycles. The minimum Gasteiger partial charge on any atom is -0.444 e. The summed E-state index contributed by atoms with van der Waals surface area (Å²) in [6, 6.07) is 0.0765. The van der Waals surface area contributed by atoms with Crippen LogP contribution in [0.5, 0.6) is 0 Å². The van der Waals surface area contributed by atoms with E-state index in [1.165, 1.54) is 6.42 Å². The molecule has 0 bridgehead atoms. The number of carbonyl (C=O) groups excluding carboxylic acids is 1. The van der Waals surface area contributed by atoms with Crippen LogP contribution in [-0.4, -0.2) is 22.6 Å². The number of alkyl halides is 1. The number of hydrogen-bond donors (Lipinski definition) is 1. The van der Waals surface area contributed by atoms with Crippen LogP contribution in [0.25, 0.3) is 0 Å². The topological polar surface area (TPSA) is 38.3 Å². The minimum atomic E-state index is -0.438. The Balaban J connectivity index is 2.40. The summed E-state index contributed by atoms with van der Waals surface area (Å²) in [5.74, 6) is 0.732. The van der Waals surface area contributed by atoms with E-state index < -0.39 is 5.60 Å². The van der Waals surface area contributed by atoms with Crippen molar-refractivity contribution >= 4 is 22.0 Å². The van der Waals surface area contributed by atoms with Crippen LogP contribution in [0.2, 0.25) is 0 Å². The predicted octanol–water partition coefficient (Wildman–Crippen LogP) is 3.67. The van der Waals surface area contributed by atoms with Gasteiger partial charge in [-0.05, 0) is 46.0 Å². The Bertz CT molecular complexity index is 263. The maximum atomic E-state index is 11.6. The molecule has 99 valence electrons. The second kappa shape index (κ2) is 6.07. The number of ether oxygens (including phenoxy) is 1. The van der Waals surface area contributed by atoms with Crippen molar-refractivity contribution in [1.82, 2.24) is 5.32 Å². The summed E-state index contributed by atoms with van der Waals surface area (Å²) >= 11 is 3.64. The standard InChI is InChI=1S/C13H23BrNO2/c1-5-9-6-7-11(10(14)8-9)15-12(16)17-13(2,3)4/h7,9-11H,5-6,8H2,1-4H3,(H,15,16). The summed E-state index contributed by atoms with van der Waals surface area (Å²) in [5.41, 5.74) is -0.438. The van der Waals surface area contributed by atoms with Crippen molar-refractivity contribution in [2.24, 2.45) is 5.92 Å². The molecular formula is C13H23BrNO2. The van der Waals surface area contributed by atoms with Gasteiger partial charge in [-0.25, -0.2) is 4.79 Å². The fraction of sp³-hybridized carbons (Fsp3) is 0.846. The second-order valence-electron chi connectivity index (χ2n) is 5.67. The van der Waals surface area contributed by atoms with Gasteiger partial charge < -0.3 is 10.1 Å². The second-order valence-corrected chi connectivity index (χ2v) is 6.85. The third-order valence-corrected chi connectivity index (χ3v) is 3.88. The Hall–Kier alpha value is -0.250. The molecule has 17 heavy (non-hydrogen) atoms. The molecule has 1 aliphatic carbocycles. The number of halogens is 1. The fourth-order valence-corrected chi connectivity index (χ4v) is 2.85. The van der Waals surface area contributed by atoms with E-state index in [9.17, 15) is 4.79 Å². The molecule has 1 N–H and O–H groups in total. The third kappa shape index (κ3) is 5.28. The first kappa shape index (κ1) is 14.8. The summed E-state index contributed by atoms with van der Waals surface area (Å²) < 4.78 is 5.25. The van der Waals surface area contributed by atoms with E-state index in [1.54, 1.807) is 0 Å². The quantitative estimate of drug-likeness (QED) is 0.791. The van der Waals surface area contributed by atoms with Gasteiger partial charge >= 0.3 is 6.09 Å². The van der Waals surface area contributed by atoms with Crippen LogP contribution in [0.3, 0.4) is 0 Å². The van der Waals surface area contributed by atoms with Crippen LogP contribution in [-0.2, 0) is 4.74 Å². The molecule has 4 heteroatoms. The molecule has 1 rings (SSSR count). The number of amides is 1. The van der Waals surface area contributed by atoms with E-state index in [2.05, 4.69) is 34.6 Å². The molecular weight excluding hydrogens is 282 g/mol. The average molecular weight is 305 g/mol. The van der Waals surface area contributed by atoms with Crippen LogP contribution >= 0.6 is 15.9 Å². The SMILES string of the molecule is CCC1C[CH]C(NC(=O)OC(C)(C)C)C(Br)C1. The highest BCUT2D eigenvalue weighted by molar-refractivity contribution is 9.09. The zero-order valence-corrected chi connectivity index (χ0v) is 12.7. The lowest BCUT2D eigenvalue weighted by molar-refractivity contribution is 0.0504. The predicted molar refractivity (Wildman–Crippen MR) is 73.2 cm³/mol. The van der Waals surface area contributed by atoms with Crippen molar-refractivity contribution in [1.29, 1.82) is 0 Å². The highest BCUT2D eigenvalue weighted by atomic mass is 79.9. The van der Waals surface area contributed by atoms with E-state index in [0.29, 0.717) is 4.83 Å². The van der Waals surface area contributed by atoms with E-state index in [1.807, 2.05) is 20.8 Å². The fourth-order valence-electron chi connectivity index (χ4n) is 1.97. The normalized spacial score (nSPS) is 29.8. The van der Waals surface area contributed by atoms with E-state index >= 15 is 0 Å². The molecule has 0 aromatic heterocycles. The number of alkyl carbamates (subject to hydrolysis) is 1. The van der Waals surface area contributed by atoms with Gasteiger partial charge in [-0.1, -0.05) is 29.3 Å². The Morgan fingerprint density at radius 3 is 2.65 bits per heavy atom. The Morgan fingerprint density at radius 2 is 2.18 bits per heavy atom. The maximum Gasteiger partial charge on any atom is 0.407 e. The average Bonchev–Trinajstić information content (AvgIpc) is 2.18. The number of rotatable bonds is 2. The zero-order valence-electron chi connectivity index (χ0n) is 11.1. The summed E-state index contributed by atoms with van der Waals surface area (Å²) in [5, 5.41) is 2.91. The molecule has 1 amide bonds.